The van der Waals surface area contributed by atoms with Gasteiger partial charge in [-0.25, -0.2) is 13.6 Å². The maximum atomic E-state index is 14.9. The molecule has 0 radical (unpaired) electrons. The third-order valence-corrected chi connectivity index (χ3v) is 6.10. The number of hydrogen-bond acceptors (Lipinski definition) is 5. The number of rotatable bonds is 4. The predicted molar refractivity (Wildman–Crippen MR) is 107 cm³/mol. The van der Waals surface area contributed by atoms with Crippen LogP contribution < -0.4 is 10.2 Å². The average molecular weight is 418 g/mol. The first kappa shape index (κ1) is 19.3. The van der Waals surface area contributed by atoms with Gasteiger partial charge in [-0.05, 0) is 30.5 Å². The van der Waals surface area contributed by atoms with Crippen molar-refractivity contribution in [3.05, 3.63) is 59.7 Å². The van der Waals surface area contributed by atoms with Crippen LogP contribution in [0.3, 0.4) is 0 Å². The van der Waals surface area contributed by atoms with Crippen LogP contribution in [0.2, 0.25) is 0 Å². The van der Waals surface area contributed by atoms with Gasteiger partial charge in [0.05, 0.1) is 19.8 Å². The van der Waals surface area contributed by atoms with Gasteiger partial charge in [-0.1, -0.05) is 30.3 Å². The van der Waals surface area contributed by atoms with Crippen LogP contribution in [0, 0.1) is 17.0 Å². The molecule has 8 heteroatoms. The first-order valence-electron chi connectivity index (χ1n) is 10.00. The molecule has 0 bridgehead atoms. The molecule has 0 atom stereocenters. The molecule has 2 heterocycles. The highest BCUT2D eigenvalue weighted by molar-refractivity contribution is 5.85. The summed E-state index contributed by atoms with van der Waals surface area (Å²) in [5.41, 5.74) is 0.491. The Hall–Kier alpha value is -2.71. The number of nitrogens with zero attached hydrogens (tertiary/aromatic N) is 1. The molecule has 30 heavy (non-hydrogen) atoms. The molecule has 2 aromatic carbocycles. The van der Waals surface area contributed by atoms with Crippen molar-refractivity contribution < 1.29 is 29.2 Å². The Labute approximate surface area is 174 Å². The molecule has 2 spiro atoms. The molecule has 1 amide bonds. The largest absolute Gasteiger partial charge is 0.444 e. The van der Waals surface area contributed by atoms with Crippen LogP contribution >= 0.6 is 0 Å². The minimum atomic E-state index is -0.782. The second-order valence-corrected chi connectivity index (χ2v) is 8.06. The maximum absolute atomic E-state index is 14.9. The number of halogens is 2. The van der Waals surface area contributed by atoms with E-state index in [0.29, 0.717) is 19.8 Å². The summed E-state index contributed by atoms with van der Waals surface area (Å²) in [6, 6.07) is 11.3. The normalized spacial score (nSPS) is 20.7. The van der Waals surface area contributed by atoms with E-state index in [9.17, 15) is 13.6 Å². The zero-order valence-electron chi connectivity index (χ0n) is 16.3. The van der Waals surface area contributed by atoms with E-state index < -0.39 is 23.5 Å². The van der Waals surface area contributed by atoms with Crippen LogP contribution in [0.1, 0.15) is 19.8 Å². The van der Waals surface area contributed by atoms with Gasteiger partial charge in [-0.15, -0.1) is 0 Å². The van der Waals surface area contributed by atoms with E-state index in [-0.39, 0.29) is 31.4 Å². The van der Waals surface area contributed by atoms with Crippen LogP contribution in [-0.2, 0) is 20.8 Å². The number of amides is 1. The lowest BCUT2D eigenvalue weighted by atomic mass is 10.00. The molecule has 2 aromatic rings. The Bertz CT molecular complexity index is 942. The number of anilines is 2. The van der Waals surface area contributed by atoms with E-state index in [4.69, 9.17) is 14.2 Å². The summed E-state index contributed by atoms with van der Waals surface area (Å²) in [6.07, 6.45) is 1.05. The molecule has 2 aliphatic heterocycles. The van der Waals surface area contributed by atoms with Gasteiger partial charge in [0.1, 0.15) is 12.3 Å². The Morgan fingerprint density at radius 3 is 2.40 bits per heavy atom. The zero-order valence-corrected chi connectivity index (χ0v) is 16.3. The molecular formula is C22H24F2N2O4. The second-order valence-electron chi connectivity index (χ2n) is 8.06. The van der Waals surface area contributed by atoms with Crippen molar-refractivity contribution >= 4 is 17.5 Å². The summed E-state index contributed by atoms with van der Waals surface area (Å²) in [5, 5.41) is 2.38. The predicted octanol–water partition coefficient (Wildman–Crippen LogP) is 4.30. The molecule has 1 aliphatic carbocycles. The van der Waals surface area contributed by atoms with Gasteiger partial charge in [0.2, 0.25) is 0 Å². The fraction of sp³-hybridized carbons (Fsp3) is 0.409. The Kier molecular flexibility index (Phi) is 4.63. The van der Waals surface area contributed by atoms with E-state index in [2.05, 4.69) is 5.32 Å². The minimum Gasteiger partial charge on any atom is -0.444 e. The van der Waals surface area contributed by atoms with Crippen molar-refractivity contribution in [3.8, 4) is 0 Å². The molecular weight excluding hydrogens is 394 g/mol. The van der Waals surface area contributed by atoms with E-state index in [1.165, 1.54) is 0 Å². The Morgan fingerprint density at radius 1 is 1.10 bits per heavy atom. The van der Waals surface area contributed by atoms with Crippen molar-refractivity contribution in [3.63, 3.8) is 0 Å². The smallest absolute Gasteiger partial charge is 0.411 e. The number of nitrogens with one attached hydrogen (secondary N) is 1. The lowest BCUT2D eigenvalue weighted by molar-refractivity contribution is -0.178. The summed E-state index contributed by atoms with van der Waals surface area (Å²) in [5.74, 6) is -2.28. The average Bonchev–Trinajstić information content (AvgIpc) is 3.23. The standard InChI is InChI=1S/C22H22F2N2O4.H2/c23-17-10-16(25-20(27)28-12-15-4-2-1-3-5-15)11-18(24)19(17)26-13-21(6-7-21)22(14-26)29-8-9-30-22;/h1-5,10-11H,6-9,12-14H2,(H,25,27);1H. The van der Waals surface area contributed by atoms with Crippen LogP contribution in [0.15, 0.2) is 42.5 Å². The highest BCUT2D eigenvalue weighted by Gasteiger charge is 2.68. The highest BCUT2D eigenvalue weighted by Crippen LogP contribution is 2.62. The lowest BCUT2D eigenvalue weighted by Crippen LogP contribution is -2.40. The topological polar surface area (TPSA) is 60.0 Å². The summed E-state index contributed by atoms with van der Waals surface area (Å²) in [4.78, 5) is 13.6. The fourth-order valence-electron chi connectivity index (χ4n) is 4.48. The third kappa shape index (κ3) is 3.30. The number of fused-ring (bicyclic) bond motifs is 1. The Balaban J connectivity index is 0.00000231. The molecule has 1 saturated carbocycles. The van der Waals surface area contributed by atoms with Crippen LogP contribution in [0.5, 0.6) is 0 Å². The first-order valence-corrected chi connectivity index (χ1v) is 10.00. The number of ether oxygens (including phenoxy) is 3. The molecule has 6 nitrogen and oxygen atoms in total. The van der Waals surface area contributed by atoms with Crippen LogP contribution in [-0.4, -0.2) is 38.2 Å². The lowest BCUT2D eigenvalue weighted by Gasteiger charge is -2.27. The van der Waals surface area contributed by atoms with Gasteiger partial charge < -0.3 is 19.1 Å². The van der Waals surface area contributed by atoms with Gasteiger partial charge in [0.25, 0.3) is 0 Å². The number of carbonyl (C=O) groups excluding carboxylic acids is 1. The van der Waals surface area contributed by atoms with E-state index in [1.807, 2.05) is 30.3 Å². The number of carbonyl (C=O) groups is 1. The number of benzene rings is 2. The van der Waals surface area contributed by atoms with Gasteiger partial charge in [-0.2, -0.15) is 0 Å². The second kappa shape index (κ2) is 7.21. The summed E-state index contributed by atoms with van der Waals surface area (Å²) < 4.78 is 46.6. The molecule has 3 fully saturated rings. The monoisotopic (exact) mass is 418 g/mol. The van der Waals surface area contributed by atoms with Crippen LogP contribution in [0.25, 0.3) is 0 Å². The molecule has 5 rings (SSSR count). The van der Waals surface area contributed by atoms with Gasteiger partial charge in [0.15, 0.2) is 17.4 Å². The van der Waals surface area contributed by atoms with Gasteiger partial charge in [-0.3, -0.25) is 5.32 Å². The zero-order chi connectivity index (χ0) is 20.8. The molecule has 160 valence electrons. The van der Waals surface area contributed by atoms with E-state index in [0.717, 1.165) is 30.5 Å². The summed E-state index contributed by atoms with van der Waals surface area (Å²) in [7, 11) is 0. The summed E-state index contributed by atoms with van der Waals surface area (Å²) in [6.45, 7) is 1.82. The Morgan fingerprint density at radius 2 is 1.77 bits per heavy atom. The SMILES string of the molecule is O=C(Nc1cc(F)c(N2CC3(CC3)C3(C2)OCCO3)c(F)c1)OCc1ccccc1.[HH]. The molecule has 0 unspecified atom stereocenters. The first-order chi connectivity index (χ1) is 14.5. The summed E-state index contributed by atoms with van der Waals surface area (Å²) >= 11 is 0. The van der Waals surface area contributed by atoms with Crippen molar-refractivity contribution in [2.45, 2.75) is 25.2 Å². The maximum Gasteiger partial charge on any atom is 0.411 e. The third-order valence-electron chi connectivity index (χ3n) is 6.10. The molecule has 0 aromatic heterocycles. The highest BCUT2D eigenvalue weighted by atomic mass is 19.1. The minimum absolute atomic E-state index is 0. The quantitative estimate of drug-likeness (QED) is 0.802. The van der Waals surface area contributed by atoms with Crippen molar-refractivity contribution in [1.82, 2.24) is 0 Å². The van der Waals surface area contributed by atoms with Crippen molar-refractivity contribution in [2.75, 3.05) is 36.5 Å². The van der Waals surface area contributed by atoms with E-state index in [1.54, 1.807) is 4.90 Å². The van der Waals surface area contributed by atoms with Crippen LogP contribution in [0.4, 0.5) is 25.0 Å². The van der Waals surface area contributed by atoms with Crippen molar-refractivity contribution in [2.24, 2.45) is 5.41 Å². The number of hydrogen-bond donors (Lipinski definition) is 1. The molecule has 1 N–H and O–H groups in total. The van der Waals surface area contributed by atoms with Crippen molar-refractivity contribution in [1.29, 1.82) is 0 Å². The van der Waals surface area contributed by atoms with Gasteiger partial charge in [0, 0.05) is 19.1 Å². The fourth-order valence-corrected chi connectivity index (χ4v) is 4.48. The molecule has 2 saturated heterocycles. The van der Waals surface area contributed by atoms with Gasteiger partial charge >= 0.3 is 6.09 Å². The molecule has 3 aliphatic rings. The van der Waals surface area contributed by atoms with E-state index >= 15 is 0 Å².